The van der Waals surface area contributed by atoms with Gasteiger partial charge in [-0.25, -0.2) is 4.68 Å². The molecule has 5 aromatic rings. The highest BCUT2D eigenvalue weighted by Crippen LogP contribution is 2.27. The molecular weight excluding hydrogens is 358 g/mol. The fourth-order valence-corrected chi connectivity index (χ4v) is 3.79. The van der Waals surface area contributed by atoms with Gasteiger partial charge in [-0.1, -0.05) is 84.1 Å². The molecule has 0 amide bonds. The van der Waals surface area contributed by atoms with E-state index in [2.05, 4.69) is 16.4 Å². The number of hydrogen-bond acceptors (Lipinski definition) is 3. The highest BCUT2D eigenvalue weighted by atomic mass is 16.1. The maximum absolute atomic E-state index is 13.2. The number of carbonyl (C=O) groups excluding carboxylic acids is 1. The van der Waals surface area contributed by atoms with E-state index in [4.69, 9.17) is 0 Å². The standard InChI is InChI=1S/C25H19N3O/c29-25(21-15-14-18-8-4-5-11-20(18)16-21)17-24(19-9-2-1-3-10-19)28-23-13-7-6-12-22(23)26-27-28/h1-16,24H,17H2/t24-/m1/s1. The molecule has 4 heteroatoms. The molecule has 0 radical (unpaired) electrons. The maximum Gasteiger partial charge on any atom is 0.165 e. The number of rotatable bonds is 5. The number of Topliss-reactive ketones (excluding diaryl/α,β-unsaturated/α-hetero) is 1. The number of aromatic nitrogens is 3. The van der Waals surface area contributed by atoms with Gasteiger partial charge in [-0.2, -0.15) is 0 Å². The molecule has 0 aliphatic rings. The van der Waals surface area contributed by atoms with Crippen LogP contribution < -0.4 is 0 Å². The third kappa shape index (κ3) is 3.29. The normalized spacial score (nSPS) is 12.3. The summed E-state index contributed by atoms with van der Waals surface area (Å²) in [6.07, 6.45) is 0.315. The predicted molar refractivity (Wildman–Crippen MR) is 115 cm³/mol. The summed E-state index contributed by atoms with van der Waals surface area (Å²) in [4.78, 5) is 13.2. The number of para-hydroxylation sites is 1. The molecule has 1 heterocycles. The molecular formula is C25H19N3O. The van der Waals surface area contributed by atoms with Crippen molar-refractivity contribution in [3.8, 4) is 0 Å². The molecule has 0 saturated heterocycles. The van der Waals surface area contributed by atoms with Crippen LogP contribution in [-0.2, 0) is 0 Å². The van der Waals surface area contributed by atoms with Crippen LogP contribution in [0.4, 0.5) is 0 Å². The summed E-state index contributed by atoms with van der Waals surface area (Å²) in [7, 11) is 0. The summed E-state index contributed by atoms with van der Waals surface area (Å²) in [5.74, 6) is 0.0872. The van der Waals surface area contributed by atoms with Crippen molar-refractivity contribution in [2.45, 2.75) is 12.5 Å². The fraction of sp³-hybridized carbons (Fsp3) is 0.0800. The van der Waals surface area contributed by atoms with Crippen LogP contribution in [0.25, 0.3) is 21.8 Å². The van der Waals surface area contributed by atoms with Gasteiger partial charge in [0.1, 0.15) is 5.52 Å². The molecule has 0 bridgehead atoms. The Balaban J connectivity index is 1.55. The lowest BCUT2D eigenvalue weighted by Crippen LogP contribution is -2.17. The minimum Gasteiger partial charge on any atom is -0.294 e. The second-order valence-electron chi connectivity index (χ2n) is 7.14. The Morgan fingerprint density at radius 3 is 2.38 bits per heavy atom. The van der Waals surface area contributed by atoms with Crippen molar-refractivity contribution in [1.29, 1.82) is 0 Å². The molecule has 0 saturated carbocycles. The summed E-state index contributed by atoms with van der Waals surface area (Å²) >= 11 is 0. The van der Waals surface area contributed by atoms with Crippen molar-refractivity contribution in [3.63, 3.8) is 0 Å². The highest BCUT2D eigenvalue weighted by Gasteiger charge is 2.22. The van der Waals surface area contributed by atoms with E-state index in [1.807, 2.05) is 95.7 Å². The van der Waals surface area contributed by atoms with Gasteiger partial charge in [-0.15, -0.1) is 5.10 Å². The molecule has 0 spiro atoms. The average molecular weight is 377 g/mol. The number of ketones is 1. The zero-order valence-electron chi connectivity index (χ0n) is 15.8. The molecule has 1 atom stereocenters. The molecule has 0 N–H and O–H groups in total. The Labute approximate surface area is 168 Å². The predicted octanol–water partition coefficient (Wildman–Crippen LogP) is 5.45. The van der Waals surface area contributed by atoms with Crippen LogP contribution in [0.3, 0.4) is 0 Å². The van der Waals surface area contributed by atoms with E-state index in [0.29, 0.717) is 12.0 Å². The van der Waals surface area contributed by atoms with Crippen molar-refractivity contribution in [3.05, 3.63) is 108 Å². The maximum atomic E-state index is 13.2. The van der Waals surface area contributed by atoms with Crippen LogP contribution in [0.1, 0.15) is 28.4 Å². The van der Waals surface area contributed by atoms with Gasteiger partial charge in [0.25, 0.3) is 0 Å². The summed E-state index contributed by atoms with van der Waals surface area (Å²) in [5.41, 5.74) is 3.51. The van der Waals surface area contributed by atoms with Gasteiger partial charge >= 0.3 is 0 Å². The first-order valence-corrected chi connectivity index (χ1v) is 9.66. The quantitative estimate of drug-likeness (QED) is 0.383. The van der Waals surface area contributed by atoms with Gasteiger partial charge in [0, 0.05) is 12.0 Å². The van der Waals surface area contributed by atoms with Gasteiger partial charge in [-0.3, -0.25) is 4.79 Å². The molecule has 1 aromatic heterocycles. The van der Waals surface area contributed by atoms with Crippen molar-refractivity contribution in [1.82, 2.24) is 15.0 Å². The van der Waals surface area contributed by atoms with E-state index in [0.717, 1.165) is 27.4 Å². The summed E-state index contributed by atoms with van der Waals surface area (Å²) in [6.45, 7) is 0. The minimum absolute atomic E-state index is 0.0872. The van der Waals surface area contributed by atoms with Crippen molar-refractivity contribution in [2.75, 3.05) is 0 Å². The molecule has 0 aliphatic heterocycles. The van der Waals surface area contributed by atoms with Crippen molar-refractivity contribution >= 4 is 27.6 Å². The lowest BCUT2D eigenvalue weighted by atomic mass is 9.96. The van der Waals surface area contributed by atoms with Gasteiger partial charge < -0.3 is 0 Å². The lowest BCUT2D eigenvalue weighted by molar-refractivity contribution is 0.0968. The highest BCUT2D eigenvalue weighted by molar-refractivity contribution is 6.00. The van der Waals surface area contributed by atoms with E-state index in [9.17, 15) is 4.79 Å². The molecule has 0 aliphatic carbocycles. The second-order valence-corrected chi connectivity index (χ2v) is 7.14. The van der Waals surface area contributed by atoms with Gasteiger partial charge in [0.05, 0.1) is 11.6 Å². The van der Waals surface area contributed by atoms with Gasteiger partial charge in [0.2, 0.25) is 0 Å². The fourth-order valence-electron chi connectivity index (χ4n) is 3.79. The molecule has 0 fully saturated rings. The third-order valence-corrected chi connectivity index (χ3v) is 5.31. The van der Waals surface area contributed by atoms with E-state index >= 15 is 0 Å². The molecule has 5 rings (SSSR count). The van der Waals surface area contributed by atoms with Crippen LogP contribution >= 0.6 is 0 Å². The Morgan fingerprint density at radius 2 is 1.52 bits per heavy atom. The molecule has 29 heavy (non-hydrogen) atoms. The first kappa shape index (κ1) is 17.3. The van der Waals surface area contributed by atoms with Crippen LogP contribution in [0.15, 0.2) is 97.1 Å². The number of nitrogens with zero attached hydrogens (tertiary/aromatic N) is 3. The molecule has 140 valence electrons. The second kappa shape index (κ2) is 7.32. The van der Waals surface area contributed by atoms with Gasteiger partial charge in [-0.05, 0) is 34.5 Å². The molecule has 4 aromatic carbocycles. The van der Waals surface area contributed by atoms with Crippen LogP contribution in [0.2, 0.25) is 0 Å². The van der Waals surface area contributed by atoms with E-state index in [1.54, 1.807) is 0 Å². The first-order chi connectivity index (χ1) is 14.3. The zero-order chi connectivity index (χ0) is 19.6. The summed E-state index contributed by atoms with van der Waals surface area (Å²) in [5, 5.41) is 10.9. The van der Waals surface area contributed by atoms with Crippen LogP contribution in [0.5, 0.6) is 0 Å². The van der Waals surface area contributed by atoms with E-state index in [-0.39, 0.29) is 11.8 Å². The average Bonchev–Trinajstić information content (AvgIpc) is 3.21. The van der Waals surface area contributed by atoms with Crippen LogP contribution in [-0.4, -0.2) is 20.8 Å². The number of hydrogen-bond donors (Lipinski definition) is 0. The van der Waals surface area contributed by atoms with Crippen molar-refractivity contribution < 1.29 is 4.79 Å². The number of benzene rings is 4. The van der Waals surface area contributed by atoms with Crippen molar-refractivity contribution in [2.24, 2.45) is 0 Å². The first-order valence-electron chi connectivity index (χ1n) is 9.66. The lowest BCUT2D eigenvalue weighted by Gasteiger charge is -2.18. The zero-order valence-corrected chi connectivity index (χ0v) is 15.8. The monoisotopic (exact) mass is 377 g/mol. The Hall–Kier alpha value is -3.79. The summed E-state index contributed by atoms with van der Waals surface area (Å²) < 4.78 is 1.86. The molecule has 4 nitrogen and oxygen atoms in total. The Kier molecular flexibility index (Phi) is 4.37. The SMILES string of the molecule is O=C(C[C@H](c1ccccc1)n1nnc2ccccc21)c1ccc2ccccc2c1. The number of carbonyl (C=O) groups is 1. The van der Waals surface area contributed by atoms with Crippen LogP contribution in [0, 0.1) is 0 Å². The van der Waals surface area contributed by atoms with E-state index < -0.39 is 0 Å². The minimum atomic E-state index is -0.220. The third-order valence-electron chi connectivity index (χ3n) is 5.31. The smallest absolute Gasteiger partial charge is 0.165 e. The Morgan fingerprint density at radius 1 is 0.793 bits per heavy atom. The summed E-state index contributed by atoms with van der Waals surface area (Å²) in [6, 6.07) is 31.6. The van der Waals surface area contributed by atoms with Gasteiger partial charge in [0.15, 0.2) is 5.78 Å². The Bertz CT molecular complexity index is 1310. The molecule has 0 unspecified atom stereocenters. The number of fused-ring (bicyclic) bond motifs is 2. The topological polar surface area (TPSA) is 47.8 Å². The van der Waals surface area contributed by atoms with E-state index in [1.165, 1.54) is 0 Å². The largest absolute Gasteiger partial charge is 0.294 e.